The van der Waals surface area contributed by atoms with E-state index >= 15 is 0 Å². The Morgan fingerprint density at radius 3 is 2.50 bits per heavy atom. The number of fused-ring (bicyclic) bond motifs is 3. The molecule has 5 rings (SSSR count). The van der Waals surface area contributed by atoms with Crippen LogP contribution in [0.1, 0.15) is 77.6 Å². The van der Waals surface area contributed by atoms with Crippen molar-refractivity contribution in [2.45, 2.75) is 71.4 Å². The normalized spacial score (nSPS) is 16.7. The van der Waals surface area contributed by atoms with Crippen LogP contribution in [0.4, 0.5) is 0 Å². The molecule has 3 aromatic rings. The highest BCUT2D eigenvalue weighted by Crippen LogP contribution is 2.34. The van der Waals surface area contributed by atoms with Crippen LogP contribution >= 0.6 is 11.3 Å². The van der Waals surface area contributed by atoms with E-state index in [-0.39, 0.29) is 17.9 Å². The van der Waals surface area contributed by atoms with Crippen molar-refractivity contribution in [1.82, 2.24) is 14.5 Å². The maximum absolute atomic E-state index is 13.7. The van der Waals surface area contributed by atoms with Crippen molar-refractivity contribution in [1.29, 1.82) is 0 Å². The third-order valence-electron chi connectivity index (χ3n) is 6.92. The molecule has 0 radical (unpaired) electrons. The van der Waals surface area contributed by atoms with Crippen LogP contribution in [0.3, 0.4) is 0 Å². The van der Waals surface area contributed by atoms with Crippen LogP contribution in [-0.4, -0.2) is 33.3 Å². The number of thiophene rings is 1. The summed E-state index contributed by atoms with van der Waals surface area (Å²) < 4.78 is 1.67. The molecular weight excluding hydrogens is 418 g/mol. The van der Waals surface area contributed by atoms with Crippen molar-refractivity contribution in [3.8, 4) is 0 Å². The summed E-state index contributed by atoms with van der Waals surface area (Å²) in [6.45, 7) is 7.02. The summed E-state index contributed by atoms with van der Waals surface area (Å²) in [6, 6.07) is 7.81. The molecule has 0 N–H and O–H groups in total. The number of rotatable bonds is 6. The van der Waals surface area contributed by atoms with Gasteiger partial charge in [-0.3, -0.25) is 19.1 Å². The molecule has 32 heavy (non-hydrogen) atoms. The number of carbonyl (C=O) groups is 1. The SMILES string of the molecule is CC(C)c1ccc(C(=O)Cn2c(CN3CCCC3)nc3sc4c(c3c2=O)CCCC4)cc1. The second kappa shape index (κ2) is 8.91. The van der Waals surface area contributed by atoms with Gasteiger partial charge in [0.1, 0.15) is 10.7 Å². The lowest BCUT2D eigenvalue weighted by Crippen LogP contribution is -2.32. The van der Waals surface area contributed by atoms with Gasteiger partial charge in [0.05, 0.1) is 18.5 Å². The molecule has 1 saturated heterocycles. The summed E-state index contributed by atoms with van der Waals surface area (Å²) in [5, 5.41) is 0.762. The van der Waals surface area contributed by atoms with E-state index in [1.165, 1.54) is 35.3 Å². The Hall–Kier alpha value is -2.31. The van der Waals surface area contributed by atoms with E-state index in [9.17, 15) is 9.59 Å². The van der Waals surface area contributed by atoms with Crippen molar-refractivity contribution >= 4 is 27.3 Å². The molecule has 0 bridgehead atoms. The summed E-state index contributed by atoms with van der Waals surface area (Å²) in [4.78, 5) is 36.4. The van der Waals surface area contributed by atoms with Gasteiger partial charge in [-0.05, 0) is 68.7 Å². The maximum Gasteiger partial charge on any atom is 0.263 e. The van der Waals surface area contributed by atoms with Gasteiger partial charge in [-0.25, -0.2) is 4.98 Å². The zero-order valence-corrected chi connectivity index (χ0v) is 19.8. The van der Waals surface area contributed by atoms with Crippen molar-refractivity contribution in [2.24, 2.45) is 0 Å². The van der Waals surface area contributed by atoms with Gasteiger partial charge in [-0.15, -0.1) is 11.3 Å². The largest absolute Gasteiger partial charge is 0.296 e. The van der Waals surface area contributed by atoms with Crippen molar-refractivity contribution in [3.63, 3.8) is 0 Å². The fourth-order valence-corrected chi connectivity index (χ4v) is 6.26. The number of hydrogen-bond acceptors (Lipinski definition) is 5. The molecule has 1 aliphatic carbocycles. The van der Waals surface area contributed by atoms with Crippen molar-refractivity contribution in [2.75, 3.05) is 13.1 Å². The minimum Gasteiger partial charge on any atom is -0.296 e. The number of ketones is 1. The van der Waals surface area contributed by atoms with Crippen LogP contribution in [0.2, 0.25) is 0 Å². The number of benzene rings is 1. The van der Waals surface area contributed by atoms with Gasteiger partial charge in [0.15, 0.2) is 5.78 Å². The average Bonchev–Trinajstić information content (AvgIpc) is 3.43. The Bertz CT molecular complexity index is 1200. The molecule has 168 valence electrons. The molecule has 6 heteroatoms. The molecular formula is C26H31N3O2S. The molecule has 0 atom stereocenters. The molecule has 1 aliphatic heterocycles. The number of Topliss-reactive ketones (excluding diaryl/α,β-unsaturated/α-hetero) is 1. The third-order valence-corrected chi connectivity index (χ3v) is 8.10. The standard InChI is InChI=1S/C26H31N3O2S/c1-17(2)18-9-11-19(12-10-18)21(30)15-29-23(16-28-13-5-6-14-28)27-25-24(26(29)31)20-7-3-4-8-22(20)32-25/h9-12,17H,3-8,13-16H2,1-2H3. The molecule has 0 spiro atoms. The summed E-state index contributed by atoms with van der Waals surface area (Å²) in [5.74, 6) is 1.12. The molecule has 1 aromatic carbocycles. The minimum absolute atomic E-state index is 0.0317. The number of aryl methyl sites for hydroxylation is 2. The van der Waals surface area contributed by atoms with Crippen LogP contribution in [0.5, 0.6) is 0 Å². The Labute approximate surface area is 193 Å². The lowest BCUT2D eigenvalue weighted by molar-refractivity contribution is 0.0968. The molecule has 2 aromatic heterocycles. The predicted molar refractivity (Wildman–Crippen MR) is 130 cm³/mol. The summed E-state index contributed by atoms with van der Waals surface area (Å²) in [5.41, 5.74) is 3.02. The lowest BCUT2D eigenvalue weighted by Gasteiger charge is -2.18. The first-order valence-corrected chi connectivity index (χ1v) is 12.7. The Morgan fingerprint density at radius 2 is 1.78 bits per heavy atom. The highest BCUT2D eigenvalue weighted by Gasteiger charge is 2.24. The summed E-state index contributed by atoms with van der Waals surface area (Å²) in [7, 11) is 0. The van der Waals surface area contributed by atoms with E-state index in [1.807, 2.05) is 24.3 Å². The van der Waals surface area contributed by atoms with Crippen LogP contribution in [0.25, 0.3) is 10.2 Å². The molecule has 1 fully saturated rings. The maximum atomic E-state index is 13.7. The van der Waals surface area contributed by atoms with Crippen LogP contribution in [0.15, 0.2) is 29.1 Å². The molecule has 2 aliphatic rings. The smallest absolute Gasteiger partial charge is 0.263 e. The first-order chi connectivity index (χ1) is 15.5. The van der Waals surface area contributed by atoms with Gasteiger partial charge in [0, 0.05) is 10.4 Å². The van der Waals surface area contributed by atoms with Gasteiger partial charge in [-0.1, -0.05) is 38.1 Å². The third kappa shape index (κ3) is 4.06. The average molecular weight is 450 g/mol. The van der Waals surface area contributed by atoms with Gasteiger partial charge in [-0.2, -0.15) is 0 Å². The van der Waals surface area contributed by atoms with Gasteiger partial charge in [0.25, 0.3) is 5.56 Å². The topological polar surface area (TPSA) is 55.2 Å². The Morgan fingerprint density at radius 1 is 1.06 bits per heavy atom. The molecule has 0 unspecified atom stereocenters. The molecule has 0 saturated carbocycles. The van der Waals surface area contributed by atoms with E-state index in [2.05, 4.69) is 18.7 Å². The van der Waals surface area contributed by atoms with Crippen LogP contribution < -0.4 is 5.56 Å². The number of aromatic nitrogens is 2. The van der Waals surface area contributed by atoms with Crippen LogP contribution in [0, 0.1) is 0 Å². The minimum atomic E-state index is -0.0321. The summed E-state index contributed by atoms with van der Waals surface area (Å²) in [6.07, 6.45) is 6.65. The first kappa shape index (κ1) is 21.5. The number of likely N-dealkylation sites (tertiary alicyclic amines) is 1. The molecule has 3 heterocycles. The summed E-state index contributed by atoms with van der Waals surface area (Å²) >= 11 is 1.69. The zero-order chi connectivity index (χ0) is 22.2. The van der Waals surface area contributed by atoms with Crippen molar-refractivity contribution < 1.29 is 4.79 Å². The van der Waals surface area contributed by atoms with Crippen molar-refractivity contribution in [3.05, 3.63) is 62.0 Å². The number of hydrogen-bond donors (Lipinski definition) is 0. The quantitative estimate of drug-likeness (QED) is 0.500. The van der Waals surface area contributed by atoms with E-state index in [0.717, 1.165) is 48.4 Å². The van der Waals surface area contributed by atoms with Gasteiger partial charge < -0.3 is 0 Å². The zero-order valence-electron chi connectivity index (χ0n) is 19.0. The van der Waals surface area contributed by atoms with Gasteiger partial charge >= 0.3 is 0 Å². The monoisotopic (exact) mass is 449 g/mol. The Kier molecular flexibility index (Phi) is 5.99. The van der Waals surface area contributed by atoms with E-state index < -0.39 is 0 Å². The highest BCUT2D eigenvalue weighted by atomic mass is 32.1. The van der Waals surface area contributed by atoms with Gasteiger partial charge in [0.2, 0.25) is 0 Å². The van der Waals surface area contributed by atoms with E-state index in [4.69, 9.17) is 4.98 Å². The van der Waals surface area contributed by atoms with Crippen LogP contribution in [-0.2, 0) is 25.9 Å². The fourth-order valence-electron chi connectivity index (χ4n) is 4.99. The van der Waals surface area contributed by atoms with E-state index in [0.29, 0.717) is 18.0 Å². The second-order valence-electron chi connectivity index (χ2n) is 9.49. The predicted octanol–water partition coefficient (Wildman–Crippen LogP) is 4.94. The Balaban J connectivity index is 1.55. The number of carbonyl (C=O) groups excluding carboxylic acids is 1. The first-order valence-electron chi connectivity index (χ1n) is 11.9. The van der Waals surface area contributed by atoms with E-state index in [1.54, 1.807) is 15.9 Å². The lowest BCUT2D eigenvalue weighted by atomic mass is 9.97. The molecule has 0 amide bonds. The number of nitrogens with zero attached hydrogens (tertiary/aromatic N) is 3. The highest BCUT2D eigenvalue weighted by molar-refractivity contribution is 7.18. The second-order valence-corrected chi connectivity index (χ2v) is 10.6. The molecule has 5 nitrogen and oxygen atoms in total. The fraction of sp³-hybridized carbons (Fsp3) is 0.500.